The average molecular weight is 455 g/mol. The predicted molar refractivity (Wildman–Crippen MR) is 129 cm³/mol. The van der Waals surface area contributed by atoms with Gasteiger partial charge in [0.05, 0.1) is 29.7 Å². The van der Waals surface area contributed by atoms with E-state index in [-0.39, 0.29) is 34.6 Å². The summed E-state index contributed by atoms with van der Waals surface area (Å²) in [6, 6.07) is 0. The van der Waals surface area contributed by atoms with E-state index >= 15 is 0 Å². The van der Waals surface area contributed by atoms with Gasteiger partial charge in [-0.2, -0.15) is 0 Å². The summed E-state index contributed by atoms with van der Waals surface area (Å²) < 4.78 is 31.7. The lowest BCUT2D eigenvalue weighted by molar-refractivity contribution is -0.0458. The number of unbranched alkanes of at least 4 members (excludes halogenated alkanes) is 7. The highest BCUT2D eigenvalue weighted by atomic mass is 32.2. The van der Waals surface area contributed by atoms with Crippen molar-refractivity contribution in [2.24, 2.45) is 5.92 Å². The van der Waals surface area contributed by atoms with Crippen LogP contribution in [0.5, 0.6) is 0 Å². The highest BCUT2D eigenvalue weighted by molar-refractivity contribution is 7.85. The third-order valence-corrected chi connectivity index (χ3v) is 9.64. The molecule has 0 bridgehead atoms. The van der Waals surface area contributed by atoms with Gasteiger partial charge in [-0.25, -0.2) is 0 Å². The number of methoxy groups -OCH3 is 1. The van der Waals surface area contributed by atoms with Gasteiger partial charge in [0, 0.05) is 29.6 Å². The highest BCUT2D eigenvalue weighted by Gasteiger charge is 2.72. The molecule has 5 heteroatoms. The van der Waals surface area contributed by atoms with Gasteiger partial charge in [-0.15, -0.1) is 0 Å². The van der Waals surface area contributed by atoms with Crippen LogP contribution < -0.4 is 0 Å². The Morgan fingerprint density at radius 1 is 1.13 bits per heavy atom. The van der Waals surface area contributed by atoms with E-state index in [1.807, 2.05) is 0 Å². The van der Waals surface area contributed by atoms with Crippen LogP contribution in [-0.2, 0) is 25.0 Å². The number of allylic oxidation sites excluding steroid dienone is 1. The number of rotatable bonds is 14. The molecule has 4 nitrogen and oxygen atoms in total. The lowest BCUT2D eigenvalue weighted by atomic mass is 9.69. The summed E-state index contributed by atoms with van der Waals surface area (Å²) in [7, 11) is 0.938. The van der Waals surface area contributed by atoms with Crippen LogP contribution in [-0.4, -0.2) is 52.3 Å². The maximum absolute atomic E-state index is 13.3. The van der Waals surface area contributed by atoms with E-state index in [4.69, 9.17) is 14.2 Å². The van der Waals surface area contributed by atoms with Gasteiger partial charge in [-0.05, 0) is 46.5 Å². The van der Waals surface area contributed by atoms with Crippen molar-refractivity contribution in [3.05, 3.63) is 11.6 Å². The molecular weight excluding hydrogens is 408 g/mol. The zero-order chi connectivity index (χ0) is 22.5. The zero-order valence-corrected chi connectivity index (χ0v) is 21.4. The Balaban J connectivity index is 1.53. The third-order valence-electron chi connectivity index (χ3n) is 7.77. The Morgan fingerprint density at radius 3 is 2.35 bits per heavy atom. The SMILES string of the molecule is CCCCCCCCCCS(=O)[C@@H]1CC[C@]2(CO2)[C@@H]([C@@]2(C)O[C@@H]2CC=C(C)C)[C@@H]1OC. The molecule has 3 fully saturated rings. The van der Waals surface area contributed by atoms with Crippen LogP contribution in [0.4, 0.5) is 0 Å². The van der Waals surface area contributed by atoms with Crippen LogP contribution in [0.1, 0.15) is 98.3 Å². The first-order valence-electron chi connectivity index (χ1n) is 12.7. The van der Waals surface area contributed by atoms with E-state index in [0.717, 1.165) is 38.0 Å². The second-order valence-electron chi connectivity index (χ2n) is 10.5. The maximum Gasteiger partial charge on any atom is 0.100 e. The van der Waals surface area contributed by atoms with E-state index < -0.39 is 10.8 Å². The first-order chi connectivity index (χ1) is 14.9. The van der Waals surface area contributed by atoms with Gasteiger partial charge in [0.1, 0.15) is 5.60 Å². The molecule has 2 aliphatic heterocycles. The molecule has 180 valence electrons. The summed E-state index contributed by atoms with van der Waals surface area (Å²) >= 11 is 0. The number of hydrogen-bond donors (Lipinski definition) is 0. The van der Waals surface area contributed by atoms with E-state index in [0.29, 0.717) is 0 Å². The number of hydrogen-bond acceptors (Lipinski definition) is 4. The van der Waals surface area contributed by atoms with Gasteiger partial charge in [-0.3, -0.25) is 4.21 Å². The van der Waals surface area contributed by atoms with E-state index in [9.17, 15) is 4.21 Å². The molecule has 0 amide bonds. The first-order valence-corrected chi connectivity index (χ1v) is 14.1. The van der Waals surface area contributed by atoms with Gasteiger partial charge < -0.3 is 14.2 Å². The molecule has 1 aliphatic carbocycles. The molecule has 2 saturated heterocycles. The van der Waals surface area contributed by atoms with Crippen LogP contribution in [0.15, 0.2) is 11.6 Å². The van der Waals surface area contributed by atoms with Crippen molar-refractivity contribution in [3.8, 4) is 0 Å². The van der Waals surface area contributed by atoms with Gasteiger partial charge in [0.15, 0.2) is 0 Å². The minimum atomic E-state index is -0.850. The summed E-state index contributed by atoms with van der Waals surface area (Å²) in [6.45, 7) is 9.54. The van der Waals surface area contributed by atoms with Gasteiger partial charge >= 0.3 is 0 Å². The van der Waals surface area contributed by atoms with Crippen molar-refractivity contribution >= 4 is 10.8 Å². The molecule has 31 heavy (non-hydrogen) atoms. The molecule has 2 heterocycles. The molecule has 0 aromatic rings. The maximum atomic E-state index is 13.3. The largest absolute Gasteiger partial charge is 0.380 e. The standard InChI is InChI=1S/C26H46O4S/c1-6-7-8-9-10-11-12-13-18-31(27)21-16-17-26(19-29-26)24(23(21)28-5)25(4)22(30-25)15-14-20(2)3/h14,21-24H,6-13,15-19H2,1-5H3/t21-,22-,23-,24-,25+,26+,31?/m1/s1. The molecular formula is C26H46O4S. The second kappa shape index (κ2) is 11.3. The smallest absolute Gasteiger partial charge is 0.100 e. The fraction of sp³-hybridized carbons (Fsp3) is 0.923. The van der Waals surface area contributed by atoms with Crippen molar-refractivity contribution in [2.75, 3.05) is 19.5 Å². The van der Waals surface area contributed by atoms with E-state index in [2.05, 4.69) is 33.8 Å². The molecule has 1 spiro atoms. The molecule has 1 saturated carbocycles. The van der Waals surface area contributed by atoms with Crippen LogP contribution in [0.25, 0.3) is 0 Å². The molecule has 3 aliphatic rings. The lowest BCUT2D eigenvalue weighted by Crippen LogP contribution is -2.55. The van der Waals surface area contributed by atoms with Gasteiger partial charge in [0.2, 0.25) is 0 Å². The van der Waals surface area contributed by atoms with Crippen LogP contribution in [0.2, 0.25) is 0 Å². The number of ether oxygens (including phenoxy) is 3. The summed E-state index contributed by atoms with van der Waals surface area (Å²) in [5.41, 5.74) is 0.977. The van der Waals surface area contributed by atoms with Crippen LogP contribution >= 0.6 is 0 Å². The van der Waals surface area contributed by atoms with Crippen molar-refractivity contribution in [1.82, 2.24) is 0 Å². The van der Waals surface area contributed by atoms with Crippen LogP contribution in [0, 0.1) is 5.92 Å². The van der Waals surface area contributed by atoms with Crippen molar-refractivity contribution in [2.45, 2.75) is 127 Å². The highest BCUT2D eigenvalue weighted by Crippen LogP contribution is 2.59. The monoisotopic (exact) mass is 454 g/mol. The first kappa shape index (κ1) is 25.4. The Hall–Kier alpha value is -0.230. The summed E-state index contributed by atoms with van der Waals surface area (Å²) in [4.78, 5) is 0. The molecule has 1 unspecified atom stereocenters. The molecule has 0 radical (unpaired) electrons. The summed E-state index contributed by atoms with van der Waals surface area (Å²) in [6.07, 6.45) is 15.5. The fourth-order valence-corrected chi connectivity index (χ4v) is 7.49. The average Bonchev–Trinajstić information content (AvgIpc) is 3.65. The molecule has 3 rings (SSSR count). The Morgan fingerprint density at radius 2 is 1.77 bits per heavy atom. The lowest BCUT2D eigenvalue weighted by Gasteiger charge is -2.43. The van der Waals surface area contributed by atoms with Gasteiger partial charge in [0.25, 0.3) is 0 Å². The Bertz CT molecular complexity index is 625. The Labute approximate surface area is 193 Å². The van der Waals surface area contributed by atoms with E-state index in [1.165, 1.54) is 50.5 Å². The molecule has 0 aromatic heterocycles. The molecule has 0 N–H and O–H groups in total. The van der Waals surface area contributed by atoms with E-state index in [1.54, 1.807) is 7.11 Å². The molecule has 0 aromatic carbocycles. The quantitative estimate of drug-likeness (QED) is 0.185. The van der Waals surface area contributed by atoms with Crippen molar-refractivity contribution in [1.29, 1.82) is 0 Å². The summed E-state index contributed by atoms with van der Waals surface area (Å²) in [5.74, 6) is 0.973. The molecule has 7 atom stereocenters. The second-order valence-corrected chi connectivity index (χ2v) is 12.3. The fourth-order valence-electron chi connectivity index (χ4n) is 5.75. The van der Waals surface area contributed by atoms with Crippen molar-refractivity contribution < 1.29 is 18.4 Å². The van der Waals surface area contributed by atoms with Crippen LogP contribution in [0.3, 0.4) is 0 Å². The van der Waals surface area contributed by atoms with Crippen molar-refractivity contribution in [3.63, 3.8) is 0 Å². The normalized spacial score (nSPS) is 37.6. The predicted octanol–water partition coefficient (Wildman–Crippen LogP) is 5.95. The zero-order valence-electron chi connectivity index (χ0n) is 20.6. The number of epoxide rings is 2. The minimum Gasteiger partial charge on any atom is -0.380 e. The Kier molecular flexibility index (Phi) is 9.23. The third kappa shape index (κ3) is 6.22. The summed E-state index contributed by atoms with van der Waals surface area (Å²) in [5, 5.41) is 0.0968. The minimum absolute atomic E-state index is 0.0483. The topological polar surface area (TPSA) is 51.4 Å². The van der Waals surface area contributed by atoms with Gasteiger partial charge in [-0.1, -0.05) is 63.5 Å².